The van der Waals surface area contributed by atoms with Crippen LogP contribution < -0.4 is 10.6 Å². The molecule has 1 aromatic heterocycles. The molecule has 1 aliphatic rings. The lowest BCUT2D eigenvalue weighted by Gasteiger charge is -2.17. The van der Waals surface area contributed by atoms with Gasteiger partial charge >= 0.3 is 6.01 Å². The molecular formula is C14H15N3O2. The van der Waals surface area contributed by atoms with Crippen LogP contribution in [0.5, 0.6) is 0 Å². The van der Waals surface area contributed by atoms with E-state index in [1.165, 1.54) is 17.4 Å². The summed E-state index contributed by atoms with van der Waals surface area (Å²) in [6.45, 7) is 3.62. The van der Waals surface area contributed by atoms with Gasteiger partial charge in [0.05, 0.1) is 5.69 Å². The second-order valence-electron chi connectivity index (χ2n) is 4.66. The van der Waals surface area contributed by atoms with E-state index in [4.69, 9.17) is 4.42 Å². The largest absolute Gasteiger partial charge is 0.432 e. The van der Waals surface area contributed by atoms with Gasteiger partial charge in [0.2, 0.25) is 0 Å². The molecule has 0 spiro atoms. The van der Waals surface area contributed by atoms with Crippen molar-refractivity contribution in [2.75, 3.05) is 11.9 Å². The molecule has 2 aromatic rings. The Hall–Kier alpha value is -2.14. The number of hydrogen-bond acceptors (Lipinski definition) is 4. The number of amides is 1. The van der Waals surface area contributed by atoms with Crippen LogP contribution in [0.2, 0.25) is 0 Å². The maximum absolute atomic E-state index is 12.1. The lowest BCUT2D eigenvalue weighted by molar-refractivity contribution is 0.102. The zero-order valence-electron chi connectivity index (χ0n) is 10.7. The van der Waals surface area contributed by atoms with Gasteiger partial charge in [-0.3, -0.25) is 10.1 Å². The van der Waals surface area contributed by atoms with Crippen LogP contribution in [0.25, 0.3) is 0 Å². The van der Waals surface area contributed by atoms with E-state index < -0.39 is 0 Å². The van der Waals surface area contributed by atoms with Crippen LogP contribution in [0.15, 0.2) is 28.9 Å². The minimum absolute atomic E-state index is 0.199. The van der Waals surface area contributed by atoms with Crippen LogP contribution in [0.4, 0.5) is 6.01 Å². The van der Waals surface area contributed by atoms with E-state index in [-0.39, 0.29) is 11.9 Å². The van der Waals surface area contributed by atoms with Crippen molar-refractivity contribution in [3.05, 3.63) is 46.8 Å². The second-order valence-corrected chi connectivity index (χ2v) is 4.66. The number of aromatic nitrogens is 1. The topological polar surface area (TPSA) is 67.2 Å². The molecule has 0 fully saturated rings. The first-order chi connectivity index (χ1) is 9.22. The number of carbonyl (C=O) groups is 1. The van der Waals surface area contributed by atoms with Crippen molar-refractivity contribution < 1.29 is 9.21 Å². The predicted molar refractivity (Wildman–Crippen MR) is 71.0 cm³/mol. The third kappa shape index (κ3) is 2.51. The Morgan fingerprint density at radius 3 is 3.11 bits per heavy atom. The van der Waals surface area contributed by atoms with Gasteiger partial charge in [-0.25, -0.2) is 0 Å². The van der Waals surface area contributed by atoms with Gasteiger partial charge in [0.25, 0.3) is 5.91 Å². The summed E-state index contributed by atoms with van der Waals surface area (Å²) in [6.07, 6.45) is 2.52. The van der Waals surface area contributed by atoms with E-state index in [2.05, 4.69) is 15.6 Å². The Morgan fingerprint density at radius 2 is 2.32 bits per heavy atom. The normalized spacial score (nSPS) is 13.9. The average Bonchev–Trinajstić information content (AvgIpc) is 2.83. The van der Waals surface area contributed by atoms with Crippen molar-refractivity contribution in [3.8, 4) is 0 Å². The quantitative estimate of drug-likeness (QED) is 0.862. The number of oxazole rings is 1. The fraction of sp³-hybridized carbons (Fsp3) is 0.286. The van der Waals surface area contributed by atoms with E-state index in [1.54, 1.807) is 0 Å². The molecule has 2 N–H and O–H groups in total. The summed E-state index contributed by atoms with van der Waals surface area (Å²) in [6, 6.07) is 6.02. The summed E-state index contributed by atoms with van der Waals surface area (Å²) in [5.41, 5.74) is 3.85. The maximum atomic E-state index is 12.1. The van der Waals surface area contributed by atoms with Crippen LogP contribution >= 0.6 is 0 Å². The molecule has 19 heavy (non-hydrogen) atoms. The highest BCUT2D eigenvalue weighted by atomic mass is 16.4. The zero-order chi connectivity index (χ0) is 13.2. The van der Waals surface area contributed by atoms with Crippen LogP contribution in [0.1, 0.15) is 27.2 Å². The number of benzene rings is 1. The second kappa shape index (κ2) is 4.85. The summed E-state index contributed by atoms with van der Waals surface area (Å²) >= 11 is 0. The first-order valence-corrected chi connectivity index (χ1v) is 6.28. The van der Waals surface area contributed by atoms with E-state index in [1.807, 2.05) is 25.1 Å². The number of fused-ring (bicyclic) bond motifs is 1. The van der Waals surface area contributed by atoms with Crippen LogP contribution in [-0.4, -0.2) is 17.4 Å². The standard InChI is InChI=1S/C14H15N3O2/c1-9-8-19-14(16-9)17-13(18)11-3-2-10-4-5-15-7-12(10)6-11/h2-3,6,8,15H,4-5,7H2,1H3,(H,16,17,18). The lowest BCUT2D eigenvalue weighted by atomic mass is 9.98. The molecule has 2 heterocycles. The molecule has 0 aliphatic carbocycles. The number of anilines is 1. The van der Waals surface area contributed by atoms with Gasteiger partial charge in [-0.1, -0.05) is 6.07 Å². The summed E-state index contributed by atoms with van der Waals surface area (Å²) < 4.78 is 5.11. The molecule has 5 heteroatoms. The van der Waals surface area contributed by atoms with Gasteiger partial charge in [-0.2, -0.15) is 4.98 Å². The van der Waals surface area contributed by atoms with Crippen LogP contribution in [0.3, 0.4) is 0 Å². The zero-order valence-corrected chi connectivity index (χ0v) is 10.7. The van der Waals surface area contributed by atoms with E-state index in [0.29, 0.717) is 5.56 Å². The van der Waals surface area contributed by atoms with Crippen molar-refractivity contribution in [1.82, 2.24) is 10.3 Å². The van der Waals surface area contributed by atoms with Crippen molar-refractivity contribution in [2.45, 2.75) is 19.9 Å². The predicted octanol–water partition coefficient (Wildman–Crippen LogP) is 1.88. The molecule has 0 radical (unpaired) electrons. The summed E-state index contributed by atoms with van der Waals surface area (Å²) in [7, 11) is 0. The number of aryl methyl sites for hydroxylation is 1. The molecule has 0 saturated carbocycles. The molecule has 3 rings (SSSR count). The van der Waals surface area contributed by atoms with E-state index >= 15 is 0 Å². The smallest absolute Gasteiger partial charge is 0.301 e. The monoisotopic (exact) mass is 257 g/mol. The van der Waals surface area contributed by atoms with Gasteiger partial charge in [-0.15, -0.1) is 0 Å². The Bertz CT molecular complexity index is 619. The Labute approximate surface area is 111 Å². The van der Waals surface area contributed by atoms with Gasteiger partial charge in [0.15, 0.2) is 0 Å². The van der Waals surface area contributed by atoms with Crippen molar-refractivity contribution in [1.29, 1.82) is 0 Å². The fourth-order valence-corrected chi connectivity index (χ4v) is 2.20. The van der Waals surface area contributed by atoms with Crippen molar-refractivity contribution in [2.24, 2.45) is 0 Å². The van der Waals surface area contributed by atoms with Gasteiger partial charge in [-0.05, 0) is 43.1 Å². The Kier molecular flexibility index (Phi) is 3.05. The highest BCUT2D eigenvalue weighted by molar-refractivity contribution is 6.03. The number of rotatable bonds is 2. The molecule has 1 aliphatic heterocycles. The van der Waals surface area contributed by atoms with E-state index in [0.717, 1.165) is 25.2 Å². The average molecular weight is 257 g/mol. The van der Waals surface area contributed by atoms with Crippen molar-refractivity contribution in [3.63, 3.8) is 0 Å². The highest BCUT2D eigenvalue weighted by Crippen LogP contribution is 2.17. The number of hydrogen-bond donors (Lipinski definition) is 2. The van der Waals surface area contributed by atoms with Gasteiger partial charge < -0.3 is 9.73 Å². The molecule has 0 bridgehead atoms. The third-order valence-corrected chi connectivity index (χ3v) is 3.19. The van der Waals surface area contributed by atoms with Crippen LogP contribution in [0, 0.1) is 6.92 Å². The van der Waals surface area contributed by atoms with Gasteiger partial charge in [0, 0.05) is 12.1 Å². The molecule has 1 aromatic carbocycles. The molecular weight excluding hydrogens is 242 g/mol. The molecule has 5 nitrogen and oxygen atoms in total. The minimum Gasteiger partial charge on any atom is -0.432 e. The van der Waals surface area contributed by atoms with Gasteiger partial charge in [0.1, 0.15) is 6.26 Å². The van der Waals surface area contributed by atoms with E-state index in [9.17, 15) is 4.79 Å². The molecule has 0 saturated heterocycles. The Balaban J connectivity index is 1.80. The molecule has 0 unspecified atom stereocenters. The fourth-order valence-electron chi connectivity index (χ4n) is 2.20. The third-order valence-electron chi connectivity index (χ3n) is 3.19. The Morgan fingerprint density at radius 1 is 1.42 bits per heavy atom. The summed E-state index contributed by atoms with van der Waals surface area (Å²) in [5, 5.41) is 5.95. The number of nitrogens with zero attached hydrogens (tertiary/aromatic N) is 1. The summed E-state index contributed by atoms with van der Waals surface area (Å²) in [4.78, 5) is 16.1. The van der Waals surface area contributed by atoms with Crippen molar-refractivity contribution >= 4 is 11.9 Å². The lowest BCUT2D eigenvalue weighted by Crippen LogP contribution is -2.24. The maximum Gasteiger partial charge on any atom is 0.301 e. The minimum atomic E-state index is -0.199. The summed E-state index contributed by atoms with van der Waals surface area (Å²) in [5.74, 6) is -0.199. The number of nitrogens with one attached hydrogen (secondary N) is 2. The highest BCUT2D eigenvalue weighted by Gasteiger charge is 2.14. The van der Waals surface area contributed by atoms with Crippen LogP contribution in [-0.2, 0) is 13.0 Å². The SMILES string of the molecule is Cc1coc(NC(=O)c2ccc3c(c2)CNCC3)n1. The molecule has 0 atom stereocenters. The molecule has 98 valence electrons. The molecule has 1 amide bonds. The first kappa shape index (κ1) is 11.9. The first-order valence-electron chi connectivity index (χ1n) is 6.28. The number of carbonyl (C=O) groups excluding carboxylic acids is 1.